The van der Waals surface area contributed by atoms with E-state index < -0.39 is 0 Å². The van der Waals surface area contributed by atoms with Crippen LogP contribution in [0, 0.1) is 0 Å². The fourth-order valence-corrected chi connectivity index (χ4v) is 3.88. The van der Waals surface area contributed by atoms with Gasteiger partial charge in [-0.3, -0.25) is 4.79 Å². The molecule has 31 heavy (non-hydrogen) atoms. The van der Waals surface area contributed by atoms with Crippen molar-refractivity contribution in [2.75, 3.05) is 26.8 Å². The van der Waals surface area contributed by atoms with Gasteiger partial charge in [-0.25, -0.2) is 14.0 Å². The quantitative estimate of drug-likeness (QED) is 0.609. The molecule has 4 rings (SSSR count). The van der Waals surface area contributed by atoms with Crippen LogP contribution in [-0.4, -0.2) is 52.0 Å². The summed E-state index contributed by atoms with van der Waals surface area (Å²) in [6.07, 6.45) is 1.49. The smallest absolute Gasteiger partial charge is 0.350 e. The number of ether oxygens (including phenoxy) is 2. The third-order valence-corrected chi connectivity index (χ3v) is 5.58. The van der Waals surface area contributed by atoms with Crippen LogP contribution < -0.4 is 15.2 Å². The first-order valence-electron chi connectivity index (χ1n) is 10.3. The molecule has 0 atom stereocenters. The molecule has 0 bridgehead atoms. The average Bonchev–Trinajstić information content (AvgIpc) is 3.12. The van der Waals surface area contributed by atoms with E-state index in [-0.39, 0.29) is 24.1 Å². The second kappa shape index (κ2) is 9.07. The lowest BCUT2D eigenvalue weighted by Gasteiger charge is -2.31. The largest absolute Gasteiger partial charge is 0.497 e. The Balaban J connectivity index is 1.39. The van der Waals surface area contributed by atoms with Crippen LogP contribution in [0.15, 0.2) is 59.4 Å². The summed E-state index contributed by atoms with van der Waals surface area (Å²) < 4.78 is 13.9. The lowest BCUT2D eigenvalue weighted by Crippen LogP contribution is -2.41. The molecule has 2 heterocycles. The van der Waals surface area contributed by atoms with E-state index in [9.17, 15) is 9.59 Å². The van der Waals surface area contributed by atoms with Crippen LogP contribution in [0.1, 0.15) is 24.6 Å². The summed E-state index contributed by atoms with van der Waals surface area (Å²) in [5.41, 5.74) is 0.646. The van der Waals surface area contributed by atoms with Crippen LogP contribution in [0.5, 0.6) is 11.5 Å². The van der Waals surface area contributed by atoms with E-state index in [1.165, 1.54) is 4.68 Å². The average molecular weight is 422 g/mol. The molecular weight excluding hydrogens is 396 g/mol. The minimum Gasteiger partial charge on any atom is -0.497 e. The molecule has 8 heteroatoms. The number of hydrogen-bond donors (Lipinski definition) is 0. The number of aryl methyl sites for hydroxylation is 1. The number of para-hydroxylation sites is 1. The molecule has 0 spiro atoms. The van der Waals surface area contributed by atoms with Gasteiger partial charge in [0.15, 0.2) is 6.61 Å². The van der Waals surface area contributed by atoms with E-state index in [2.05, 4.69) is 5.10 Å². The number of nitrogens with zero attached hydrogens (tertiary/aromatic N) is 4. The topological polar surface area (TPSA) is 78.6 Å². The molecule has 8 nitrogen and oxygen atoms in total. The minimum atomic E-state index is -0.161. The van der Waals surface area contributed by atoms with Gasteiger partial charge in [0.2, 0.25) is 0 Å². The molecule has 1 fully saturated rings. The van der Waals surface area contributed by atoms with E-state index in [4.69, 9.17) is 9.47 Å². The van der Waals surface area contributed by atoms with Crippen LogP contribution in [-0.2, 0) is 11.8 Å². The number of methoxy groups -OCH3 is 1. The van der Waals surface area contributed by atoms with Gasteiger partial charge >= 0.3 is 5.69 Å². The van der Waals surface area contributed by atoms with Crippen LogP contribution >= 0.6 is 0 Å². The van der Waals surface area contributed by atoms with Crippen LogP contribution in [0.25, 0.3) is 5.69 Å². The van der Waals surface area contributed by atoms with Gasteiger partial charge < -0.3 is 14.4 Å². The third-order valence-electron chi connectivity index (χ3n) is 5.58. The highest BCUT2D eigenvalue weighted by Gasteiger charge is 2.28. The Morgan fingerprint density at radius 1 is 1.06 bits per heavy atom. The molecule has 162 valence electrons. The zero-order chi connectivity index (χ0) is 21.8. The zero-order valence-electron chi connectivity index (χ0n) is 17.7. The monoisotopic (exact) mass is 422 g/mol. The van der Waals surface area contributed by atoms with Crippen molar-refractivity contribution in [3.05, 3.63) is 70.9 Å². The second-order valence-electron chi connectivity index (χ2n) is 7.56. The van der Waals surface area contributed by atoms with Gasteiger partial charge in [-0.1, -0.05) is 24.3 Å². The van der Waals surface area contributed by atoms with Crippen LogP contribution in [0.3, 0.4) is 0 Å². The van der Waals surface area contributed by atoms with Crippen LogP contribution in [0.4, 0.5) is 0 Å². The van der Waals surface area contributed by atoms with Crippen LogP contribution in [0.2, 0.25) is 0 Å². The van der Waals surface area contributed by atoms with E-state index in [0.29, 0.717) is 24.6 Å². The molecular formula is C23H26N4O4. The first-order valence-corrected chi connectivity index (χ1v) is 10.3. The first kappa shape index (κ1) is 20.7. The summed E-state index contributed by atoms with van der Waals surface area (Å²) >= 11 is 0. The Morgan fingerprint density at radius 2 is 1.77 bits per heavy atom. The molecule has 1 saturated heterocycles. The Kier molecular flexibility index (Phi) is 6.06. The lowest BCUT2D eigenvalue weighted by molar-refractivity contribution is -0.134. The van der Waals surface area contributed by atoms with Crippen molar-refractivity contribution in [3.8, 4) is 17.2 Å². The molecule has 0 saturated carbocycles. The standard InChI is InChI=1S/C23H26N4O4/c1-25-23(29)27(18-7-4-3-5-8-18)22(24-25)17-11-13-26(14-12-17)21(28)16-31-20-10-6-9-19(15-20)30-2/h3-10,15,17H,11-14,16H2,1-2H3. The Morgan fingerprint density at radius 3 is 2.48 bits per heavy atom. The van der Waals surface area contributed by atoms with Crippen molar-refractivity contribution in [3.63, 3.8) is 0 Å². The van der Waals surface area contributed by atoms with Crippen molar-refractivity contribution < 1.29 is 14.3 Å². The van der Waals surface area contributed by atoms with Gasteiger partial charge in [0.25, 0.3) is 5.91 Å². The highest BCUT2D eigenvalue weighted by molar-refractivity contribution is 5.77. The van der Waals surface area contributed by atoms with Gasteiger partial charge in [-0.15, -0.1) is 0 Å². The van der Waals surface area contributed by atoms with E-state index >= 15 is 0 Å². The lowest BCUT2D eigenvalue weighted by atomic mass is 9.95. The van der Waals surface area contributed by atoms with Crippen molar-refractivity contribution in [1.29, 1.82) is 0 Å². The number of benzene rings is 2. The van der Waals surface area contributed by atoms with Gasteiger partial charge in [0, 0.05) is 32.1 Å². The van der Waals surface area contributed by atoms with Gasteiger partial charge in [-0.05, 0) is 37.1 Å². The molecule has 1 aliphatic heterocycles. The summed E-state index contributed by atoms with van der Waals surface area (Å²) in [5.74, 6) is 2.09. The number of piperidine rings is 1. The SMILES string of the molecule is COc1cccc(OCC(=O)N2CCC(c3nn(C)c(=O)n3-c3ccccc3)CC2)c1. The second-order valence-corrected chi connectivity index (χ2v) is 7.56. The molecule has 0 unspecified atom stereocenters. The zero-order valence-corrected chi connectivity index (χ0v) is 17.7. The first-order chi connectivity index (χ1) is 15.1. The highest BCUT2D eigenvalue weighted by Crippen LogP contribution is 2.28. The maximum Gasteiger partial charge on any atom is 0.350 e. The van der Waals surface area contributed by atoms with Gasteiger partial charge in [-0.2, -0.15) is 5.10 Å². The Hall–Kier alpha value is -3.55. The predicted octanol–water partition coefficient (Wildman–Crippen LogP) is 2.36. The molecule has 0 aliphatic carbocycles. The Bertz CT molecular complexity index is 1100. The van der Waals surface area contributed by atoms with E-state index in [1.54, 1.807) is 30.9 Å². The third kappa shape index (κ3) is 4.47. The molecule has 3 aromatic rings. The van der Waals surface area contributed by atoms with E-state index in [1.807, 2.05) is 47.4 Å². The maximum atomic E-state index is 12.6. The summed E-state index contributed by atoms with van der Waals surface area (Å²) in [6.45, 7) is 1.19. The van der Waals surface area contributed by atoms with Gasteiger partial charge in [0.1, 0.15) is 17.3 Å². The summed E-state index contributed by atoms with van der Waals surface area (Å²) in [5, 5.41) is 4.50. The predicted molar refractivity (Wildman–Crippen MR) is 116 cm³/mol. The molecule has 1 aliphatic rings. The molecule has 1 aromatic heterocycles. The summed E-state index contributed by atoms with van der Waals surface area (Å²) in [7, 11) is 3.26. The molecule has 1 amide bonds. The fourth-order valence-electron chi connectivity index (χ4n) is 3.88. The molecule has 2 aromatic carbocycles. The van der Waals surface area contributed by atoms with E-state index in [0.717, 1.165) is 24.4 Å². The highest BCUT2D eigenvalue weighted by atomic mass is 16.5. The number of likely N-dealkylation sites (tertiary alicyclic amines) is 1. The van der Waals surface area contributed by atoms with Crippen molar-refractivity contribution in [2.24, 2.45) is 7.05 Å². The number of carbonyl (C=O) groups excluding carboxylic acids is 1. The maximum absolute atomic E-state index is 12.6. The minimum absolute atomic E-state index is 0.0177. The fraction of sp³-hybridized carbons (Fsp3) is 0.348. The molecule has 0 N–H and O–H groups in total. The number of rotatable bonds is 6. The number of aromatic nitrogens is 3. The molecule has 0 radical (unpaired) electrons. The number of carbonyl (C=O) groups is 1. The van der Waals surface area contributed by atoms with Crippen molar-refractivity contribution in [2.45, 2.75) is 18.8 Å². The van der Waals surface area contributed by atoms with Crippen molar-refractivity contribution >= 4 is 5.91 Å². The summed E-state index contributed by atoms with van der Waals surface area (Å²) in [4.78, 5) is 27.1. The Labute approximate surface area is 180 Å². The number of amides is 1. The van der Waals surface area contributed by atoms with Gasteiger partial charge in [0.05, 0.1) is 12.8 Å². The normalized spacial score (nSPS) is 14.5. The summed E-state index contributed by atoms with van der Waals surface area (Å²) in [6, 6.07) is 16.7. The van der Waals surface area contributed by atoms with Crippen molar-refractivity contribution in [1.82, 2.24) is 19.2 Å². The number of hydrogen-bond acceptors (Lipinski definition) is 5.